The number of anilines is 2. The summed E-state index contributed by atoms with van der Waals surface area (Å²) in [6.45, 7) is 5.98. The summed E-state index contributed by atoms with van der Waals surface area (Å²) in [7, 11) is 5.12. The van der Waals surface area contributed by atoms with Gasteiger partial charge in [0.05, 0.1) is 30.4 Å². The number of primary amides is 2. The number of carbonyl (C=O) groups is 3. The van der Waals surface area contributed by atoms with Gasteiger partial charge in [-0.15, -0.1) is 0 Å². The molecule has 16 nitrogen and oxygen atoms in total. The number of benzene rings is 2. The van der Waals surface area contributed by atoms with E-state index in [1.165, 1.54) is 7.11 Å². The molecule has 0 fully saturated rings. The van der Waals surface area contributed by atoms with Gasteiger partial charge in [0, 0.05) is 37.8 Å². The Morgan fingerprint density at radius 1 is 0.878 bits per heavy atom. The highest BCUT2D eigenvalue weighted by Crippen LogP contribution is 2.32. The molecule has 3 aromatic heterocycles. The Hall–Kier alpha value is -5.90. The Kier molecular flexibility index (Phi) is 10.5. The third-order valence-electron chi connectivity index (χ3n) is 7.86. The van der Waals surface area contributed by atoms with Gasteiger partial charge in [0.1, 0.15) is 28.2 Å². The second kappa shape index (κ2) is 14.9. The van der Waals surface area contributed by atoms with Gasteiger partial charge in [-0.05, 0) is 64.2 Å². The van der Waals surface area contributed by atoms with Crippen molar-refractivity contribution < 1.29 is 23.9 Å². The highest BCUT2D eigenvalue weighted by molar-refractivity contribution is 6.04. The van der Waals surface area contributed by atoms with Crippen LogP contribution in [-0.4, -0.2) is 81.0 Å². The van der Waals surface area contributed by atoms with Crippen molar-refractivity contribution in [3.8, 4) is 11.5 Å². The maximum atomic E-state index is 13.5. The molecule has 258 valence electrons. The molecule has 0 unspecified atom stereocenters. The first kappa shape index (κ1) is 34.4. The smallest absolute Gasteiger partial charge is 0.276 e. The summed E-state index contributed by atoms with van der Waals surface area (Å²) in [5, 5.41) is 13.5. The van der Waals surface area contributed by atoms with Crippen molar-refractivity contribution in [2.75, 3.05) is 45.0 Å². The zero-order chi connectivity index (χ0) is 35.2. The van der Waals surface area contributed by atoms with Crippen molar-refractivity contribution in [3.05, 3.63) is 65.0 Å². The Bertz CT molecular complexity index is 2060. The van der Waals surface area contributed by atoms with Crippen LogP contribution in [0.2, 0.25) is 0 Å². The fourth-order valence-corrected chi connectivity index (χ4v) is 5.58. The van der Waals surface area contributed by atoms with Gasteiger partial charge in [0.25, 0.3) is 5.91 Å². The van der Waals surface area contributed by atoms with Crippen LogP contribution in [0.25, 0.3) is 22.1 Å². The molecule has 0 spiro atoms. The summed E-state index contributed by atoms with van der Waals surface area (Å²) in [5.74, 6) is 0.0598. The van der Waals surface area contributed by atoms with Crippen molar-refractivity contribution >= 4 is 51.7 Å². The Morgan fingerprint density at radius 3 is 2.04 bits per heavy atom. The first-order valence-corrected chi connectivity index (χ1v) is 15.8. The van der Waals surface area contributed by atoms with E-state index in [1.807, 2.05) is 42.2 Å². The second-order valence-corrected chi connectivity index (χ2v) is 11.2. The molecular formula is C33H41N11O5. The number of aromatic nitrogens is 6. The van der Waals surface area contributed by atoms with Gasteiger partial charge in [-0.3, -0.25) is 24.4 Å². The lowest BCUT2D eigenvalue weighted by Gasteiger charge is -2.13. The number of nitrogens with zero attached hydrogens (tertiary/aromatic N) is 6. The van der Waals surface area contributed by atoms with E-state index in [0.29, 0.717) is 77.0 Å². The predicted octanol–water partition coefficient (Wildman–Crippen LogP) is 2.66. The van der Waals surface area contributed by atoms with Crippen LogP contribution in [0.15, 0.2) is 42.5 Å². The fraction of sp³-hybridized carbons (Fsp3) is 0.333. The van der Waals surface area contributed by atoms with Crippen LogP contribution in [-0.2, 0) is 19.6 Å². The van der Waals surface area contributed by atoms with Gasteiger partial charge in [-0.2, -0.15) is 5.10 Å². The highest BCUT2D eigenvalue weighted by Gasteiger charge is 2.22. The summed E-state index contributed by atoms with van der Waals surface area (Å²) in [5.41, 5.74) is 15.0. The minimum Gasteiger partial charge on any atom is -0.494 e. The van der Waals surface area contributed by atoms with Crippen LogP contribution >= 0.6 is 0 Å². The quantitative estimate of drug-likeness (QED) is 0.0764. The van der Waals surface area contributed by atoms with Gasteiger partial charge < -0.3 is 40.7 Å². The van der Waals surface area contributed by atoms with E-state index in [-0.39, 0.29) is 29.5 Å². The molecule has 7 N–H and O–H groups in total. The molecule has 0 saturated carbocycles. The van der Waals surface area contributed by atoms with Crippen molar-refractivity contribution in [2.24, 2.45) is 11.5 Å². The summed E-state index contributed by atoms with van der Waals surface area (Å²) in [6.07, 6.45) is 4.56. The predicted molar refractivity (Wildman–Crippen MR) is 186 cm³/mol. The molecule has 49 heavy (non-hydrogen) atoms. The number of carbonyl (C=O) groups excluding carboxylic acids is 3. The van der Waals surface area contributed by atoms with E-state index in [1.54, 1.807) is 42.1 Å². The second-order valence-electron chi connectivity index (χ2n) is 11.2. The van der Waals surface area contributed by atoms with Crippen molar-refractivity contribution in [1.82, 2.24) is 34.2 Å². The molecule has 3 amide bonds. The summed E-state index contributed by atoms with van der Waals surface area (Å²) in [6, 6.07) is 8.10. The molecule has 0 saturated heterocycles. The average Bonchev–Trinajstić information content (AvgIpc) is 3.76. The zero-order valence-electron chi connectivity index (χ0n) is 28.2. The Morgan fingerprint density at radius 2 is 1.47 bits per heavy atom. The highest BCUT2D eigenvalue weighted by atomic mass is 16.5. The number of hydrogen-bond acceptors (Lipinski definition) is 10. The number of nitrogens with two attached hydrogens (primary N) is 2. The zero-order valence-corrected chi connectivity index (χ0v) is 28.2. The monoisotopic (exact) mass is 671 g/mol. The van der Waals surface area contributed by atoms with Crippen LogP contribution in [0.1, 0.15) is 50.2 Å². The molecule has 0 radical (unpaired) electrons. The minimum atomic E-state index is -0.629. The normalized spacial score (nSPS) is 11.4. The molecule has 5 rings (SSSR count). The molecule has 16 heteroatoms. The maximum absolute atomic E-state index is 13.5. The topological polar surface area (TPSA) is 211 Å². The number of rotatable bonds is 16. The number of aryl methyl sites for hydroxylation is 2. The van der Waals surface area contributed by atoms with Crippen molar-refractivity contribution in [3.63, 3.8) is 0 Å². The number of amides is 3. The van der Waals surface area contributed by atoms with Crippen LogP contribution in [0.4, 0.5) is 11.9 Å². The number of nitrogens with one attached hydrogen (secondary N) is 3. The summed E-state index contributed by atoms with van der Waals surface area (Å²) >= 11 is 0. The number of allylic oxidation sites excluding steroid dienone is 2. The lowest BCUT2D eigenvalue weighted by atomic mass is 10.1. The third kappa shape index (κ3) is 7.18. The molecular weight excluding hydrogens is 630 g/mol. The van der Waals surface area contributed by atoms with E-state index in [2.05, 4.69) is 26.0 Å². The van der Waals surface area contributed by atoms with Crippen LogP contribution in [0.5, 0.6) is 11.5 Å². The van der Waals surface area contributed by atoms with Gasteiger partial charge in [-0.1, -0.05) is 12.2 Å². The van der Waals surface area contributed by atoms with E-state index >= 15 is 0 Å². The largest absolute Gasteiger partial charge is 0.494 e. The molecule has 0 aliphatic carbocycles. The van der Waals surface area contributed by atoms with Crippen molar-refractivity contribution in [2.45, 2.75) is 39.9 Å². The first-order valence-electron chi connectivity index (χ1n) is 15.8. The molecule has 3 heterocycles. The molecule has 0 aliphatic heterocycles. The van der Waals surface area contributed by atoms with Gasteiger partial charge in [-0.25, -0.2) is 9.97 Å². The summed E-state index contributed by atoms with van der Waals surface area (Å²) < 4.78 is 17.1. The molecule has 0 bridgehead atoms. The van der Waals surface area contributed by atoms with Crippen LogP contribution in [0.3, 0.4) is 0 Å². The van der Waals surface area contributed by atoms with Gasteiger partial charge in [0.15, 0.2) is 0 Å². The summed E-state index contributed by atoms with van der Waals surface area (Å²) in [4.78, 5) is 47.0. The van der Waals surface area contributed by atoms with Crippen LogP contribution < -0.4 is 36.9 Å². The van der Waals surface area contributed by atoms with E-state index in [0.717, 1.165) is 6.54 Å². The van der Waals surface area contributed by atoms with E-state index in [4.69, 9.17) is 25.9 Å². The Balaban J connectivity index is 1.55. The average molecular weight is 672 g/mol. The lowest BCUT2D eigenvalue weighted by Crippen LogP contribution is -2.20. The Labute approximate surface area is 282 Å². The molecule has 5 aromatic rings. The molecule has 0 aliphatic rings. The standard InChI is InChI=1S/C33H41N11O5/c1-6-44-24(14-19(2)41-44)31(47)40-33-39-23-16-21(30(35)46)18-26(49-13-9-10-36-3)28(23)43(33)12-8-7-11-42-27-22(38-32(42)37-4)15-20(29(34)45)17-25(27)48-5/h7-8,14-18,36H,6,9-13H2,1-5H3,(H2,34,45)(H2,35,46)(H,37,38)(H,39,40,47)/b8-7+. The fourth-order valence-electron chi connectivity index (χ4n) is 5.58. The van der Waals surface area contributed by atoms with Crippen molar-refractivity contribution in [1.29, 1.82) is 0 Å². The molecule has 0 atom stereocenters. The van der Waals surface area contributed by atoms with Gasteiger partial charge >= 0.3 is 0 Å². The van der Waals surface area contributed by atoms with E-state index < -0.39 is 11.8 Å². The SMILES string of the molecule is CCn1nc(C)cc1C(=O)Nc1nc2cc(C(N)=O)cc(OCCCNC)c2n1C/C=C/Cn1c(NC)nc2cc(C(N)=O)cc(OC)c21. The minimum absolute atomic E-state index is 0.230. The lowest BCUT2D eigenvalue weighted by molar-refractivity contribution is 0.0991. The third-order valence-corrected chi connectivity index (χ3v) is 7.86. The van der Waals surface area contributed by atoms with Crippen LogP contribution in [0, 0.1) is 6.92 Å². The number of methoxy groups -OCH3 is 1. The first-order chi connectivity index (χ1) is 23.6. The number of hydrogen-bond donors (Lipinski definition) is 5. The van der Waals surface area contributed by atoms with E-state index in [9.17, 15) is 14.4 Å². The number of fused-ring (bicyclic) bond motifs is 2. The molecule has 2 aromatic carbocycles. The van der Waals surface area contributed by atoms with Gasteiger partial charge in [0.2, 0.25) is 23.7 Å². The number of ether oxygens (including phenoxy) is 2. The maximum Gasteiger partial charge on any atom is 0.276 e. The number of imidazole rings is 2.